The van der Waals surface area contributed by atoms with Crippen molar-refractivity contribution in [3.8, 4) is 0 Å². The molecule has 2 heterocycles. The molecule has 8 heteroatoms. The Hall–Kier alpha value is -1.41. The van der Waals surface area contributed by atoms with Gasteiger partial charge in [-0.2, -0.15) is 0 Å². The van der Waals surface area contributed by atoms with Gasteiger partial charge in [-0.25, -0.2) is 8.42 Å². The van der Waals surface area contributed by atoms with E-state index >= 15 is 0 Å². The monoisotopic (exact) mass is 341 g/mol. The Morgan fingerprint density at radius 3 is 2.83 bits per heavy atom. The molecule has 0 bridgehead atoms. The predicted octanol–water partition coefficient (Wildman–Crippen LogP) is 0.647. The van der Waals surface area contributed by atoms with Crippen LogP contribution in [0.2, 0.25) is 0 Å². The smallest absolute Gasteiger partial charge is 0.273 e. The third-order valence-electron chi connectivity index (χ3n) is 4.52. The average Bonchev–Trinajstić information content (AvgIpc) is 3.08. The summed E-state index contributed by atoms with van der Waals surface area (Å²) in [5.41, 5.74) is 0.327. The second-order valence-electron chi connectivity index (χ2n) is 6.84. The van der Waals surface area contributed by atoms with Crippen molar-refractivity contribution < 1.29 is 17.7 Å². The van der Waals surface area contributed by atoms with Crippen molar-refractivity contribution in [3.63, 3.8) is 0 Å². The number of hydrogen-bond donors (Lipinski definition) is 1. The van der Waals surface area contributed by atoms with E-state index in [9.17, 15) is 13.2 Å². The SMILES string of the molecule is C[C@H]1CN(CCS(C)(=O)=O)C[C@@H]1NC(=O)c1cc(C2CC2)on1. The fourth-order valence-corrected chi connectivity index (χ4v) is 3.52. The van der Waals surface area contributed by atoms with Gasteiger partial charge in [0, 0.05) is 43.9 Å². The largest absolute Gasteiger partial charge is 0.360 e. The number of likely N-dealkylation sites (tertiary alicyclic amines) is 1. The van der Waals surface area contributed by atoms with Crippen LogP contribution < -0.4 is 5.32 Å². The third-order valence-corrected chi connectivity index (χ3v) is 5.45. The zero-order chi connectivity index (χ0) is 16.6. The Morgan fingerprint density at radius 2 is 2.17 bits per heavy atom. The van der Waals surface area contributed by atoms with Crippen molar-refractivity contribution in [1.82, 2.24) is 15.4 Å². The van der Waals surface area contributed by atoms with Crippen molar-refractivity contribution >= 4 is 15.7 Å². The molecule has 0 aromatic carbocycles. The van der Waals surface area contributed by atoms with Crippen molar-refractivity contribution in [2.45, 2.75) is 31.7 Å². The van der Waals surface area contributed by atoms with E-state index in [1.165, 1.54) is 6.26 Å². The number of aromatic nitrogens is 1. The van der Waals surface area contributed by atoms with Gasteiger partial charge in [-0.05, 0) is 18.8 Å². The van der Waals surface area contributed by atoms with Gasteiger partial charge < -0.3 is 9.84 Å². The fourth-order valence-electron chi connectivity index (χ4n) is 2.93. The van der Waals surface area contributed by atoms with Crippen LogP contribution in [0.3, 0.4) is 0 Å². The maximum absolute atomic E-state index is 12.3. The molecule has 2 atom stereocenters. The molecule has 1 aromatic heterocycles. The lowest BCUT2D eigenvalue weighted by Gasteiger charge is -2.16. The van der Waals surface area contributed by atoms with Crippen LogP contribution in [0.1, 0.15) is 41.9 Å². The van der Waals surface area contributed by atoms with Crippen LogP contribution in [0.25, 0.3) is 0 Å². The predicted molar refractivity (Wildman–Crippen MR) is 85.0 cm³/mol. The van der Waals surface area contributed by atoms with Gasteiger partial charge in [-0.1, -0.05) is 12.1 Å². The molecule has 0 unspecified atom stereocenters. The number of nitrogens with zero attached hydrogens (tertiary/aromatic N) is 2. The van der Waals surface area contributed by atoms with Gasteiger partial charge >= 0.3 is 0 Å². The number of nitrogens with one attached hydrogen (secondary N) is 1. The van der Waals surface area contributed by atoms with Gasteiger partial charge in [0.1, 0.15) is 15.6 Å². The minimum atomic E-state index is -2.96. The number of amides is 1. The van der Waals surface area contributed by atoms with Crippen LogP contribution in [0.4, 0.5) is 0 Å². The first-order valence-corrected chi connectivity index (χ1v) is 10.1. The van der Waals surface area contributed by atoms with Crippen LogP contribution in [-0.2, 0) is 9.84 Å². The molecule has 2 fully saturated rings. The molecule has 1 aliphatic carbocycles. The Kier molecular flexibility index (Phi) is 4.46. The maximum atomic E-state index is 12.3. The summed E-state index contributed by atoms with van der Waals surface area (Å²) >= 11 is 0. The van der Waals surface area contributed by atoms with Gasteiger partial charge in [0.2, 0.25) is 0 Å². The minimum absolute atomic E-state index is 0.00290. The molecule has 1 saturated carbocycles. The highest BCUT2D eigenvalue weighted by atomic mass is 32.2. The molecule has 7 nitrogen and oxygen atoms in total. The Labute approximate surface area is 136 Å². The van der Waals surface area contributed by atoms with E-state index < -0.39 is 9.84 Å². The summed E-state index contributed by atoms with van der Waals surface area (Å²) in [5, 5.41) is 6.84. The van der Waals surface area contributed by atoms with Crippen LogP contribution in [0.5, 0.6) is 0 Å². The van der Waals surface area contributed by atoms with Gasteiger partial charge in [-0.3, -0.25) is 9.69 Å². The van der Waals surface area contributed by atoms with E-state index in [-0.39, 0.29) is 23.6 Å². The average molecular weight is 341 g/mol. The first-order valence-electron chi connectivity index (χ1n) is 7.99. The van der Waals surface area contributed by atoms with Crippen molar-refractivity contribution in [2.24, 2.45) is 5.92 Å². The lowest BCUT2D eigenvalue weighted by Crippen LogP contribution is -2.40. The fraction of sp³-hybridized carbons (Fsp3) is 0.733. The lowest BCUT2D eigenvalue weighted by molar-refractivity contribution is 0.0922. The molecule has 3 rings (SSSR count). The Morgan fingerprint density at radius 1 is 1.43 bits per heavy atom. The van der Waals surface area contributed by atoms with Crippen LogP contribution in [0.15, 0.2) is 10.6 Å². The van der Waals surface area contributed by atoms with Crippen LogP contribution >= 0.6 is 0 Å². The zero-order valence-electron chi connectivity index (χ0n) is 13.5. The molecule has 1 saturated heterocycles. The quantitative estimate of drug-likeness (QED) is 0.816. The normalized spacial score (nSPS) is 25.7. The summed E-state index contributed by atoms with van der Waals surface area (Å²) < 4.78 is 27.7. The second-order valence-corrected chi connectivity index (χ2v) is 9.10. The number of hydrogen-bond acceptors (Lipinski definition) is 6. The highest BCUT2D eigenvalue weighted by Gasteiger charge is 2.33. The first kappa shape index (κ1) is 16.4. The van der Waals surface area contributed by atoms with E-state index in [4.69, 9.17) is 4.52 Å². The van der Waals surface area contributed by atoms with E-state index in [0.717, 1.165) is 25.1 Å². The molecule has 1 aromatic rings. The molecule has 23 heavy (non-hydrogen) atoms. The zero-order valence-corrected chi connectivity index (χ0v) is 14.3. The minimum Gasteiger partial charge on any atom is -0.360 e. The molecule has 1 amide bonds. The third kappa shape index (κ3) is 4.32. The van der Waals surface area contributed by atoms with Gasteiger partial charge in [0.05, 0.1) is 5.75 Å². The van der Waals surface area contributed by atoms with Crippen molar-refractivity contribution in [2.75, 3.05) is 31.6 Å². The molecule has 1 aliphatic heterocycles. The molecular formula is C15H23N3O4S. The van der Waals surface area contributed by atoms with Gasteiger partial charge in [-0.15, -0.1) is 0 Å². The maximum Gasteiger partial charge on any atom is 0.273 e. The lowest BCUT2D eigenvalue weighted by atomic mass is 10.1. The number of sulfone groups is 1. The highest BCUT2D eigenvalue weighted by molar-refractivity contribution is 7.90. The van der Waals surface area contributed by atoms with Crippen LogP contribution in [0, 0.1) is 5.92 Å². The van der Waals surface area contributed by atoms with Gasteiger partial charge in [0.25, 0.3) is 5.91 Å². The Bertz CT molecular complexity index is 681. The van der Waals surface area contributed by atoms with Crippen molar-refractivity contribution in [1.29, 1.82) is 0 Å². The van der Waals surface area contributed by atoms with Crippen LogP contribution in [-0.4, -0.2) is 62.1 Å². The summed E-state index contributed by atoms with van der Waals surface area (Å²) in [7, 11) is -2.96. The molecule has 0 spiro atoms. The molecule has 0 radical (unpaired) electrons. The van der Waals surface area contributed by atoms with E-state index in [2.05, 4.69) is 22.3 Å². The van der Waals surface area contributed by atoms with E-state index in [0.29, 0.717) is 24.7 Å². The highest BCUT2D eigenvalue weighted by Crippen LogP contribution is 2.40. The summed E-state index contributed by atoms with van der Waals surface area (Å²) in [5.74, 6) is 1.43. The number of carbonyl (C=O) groups excluding carboxylic acids is 1. The molecule has 128 valence electrons. The summed E-state index contributed by atoms with van der Waals surface area (Å²) in [6, 6.07) is 1.73. The molecular weight excluding hydrogens is 318 g/mol. The molecule has 2 aliphatic rings. The first-order chi connectivity index (χ1) is 10.8. The van der Waals surface area contributed by atoms with Gasteiger partial charge in [0.15, 0.2) is 5.69 Å². The van der Waals surface area contributed by atoms with Crippen molar-refractivity contribution in [3.05, 3.63) is 17.5 Å². The second kappa shape index (κ2) is 6.24. The van der Waals surface area contributed by atoms with E-state index in [1.807, 2.05) is 0 Å². The molecule has 1 N–H and O–H groups in total. The summed E-state index contributed by atoms with van der Waals surface area (Å²) in [4.78, 5) is 14.4. The number of rotatable bonds is 6. The van der Waals surface area contributed by atoms with E-state index in [1.54, 1.807) is 6.07 Å². The number of carbonyl (C=O) groups is 1. The summed E-state index contributed by atoms with van der Waals surface area (Å²) in [6.07, 6.45) is 3.45. The summed E-state index contributed by atoms with van der Waals surface area (Å²) in [6.45, 7) is 4.01. The Balaban J connectivity index is 1.53. The topological polar surface area (TPSA) is 92.5 Å². The standard InChI is InChI=1S/C15H23N3O4S/c1-10-8-18(5-6-23(2,20)21)9-13(10)16-15(19)12-7-14(22-17-12)11-3-4-11/h7,10-11,13H,3-6,8-9H2,1-2H3,(H,16,19)/t10-,13-/m0/s1.